The van der Waals surface area contributed by atoms with Gasteiger partial charge < -0.3 is 10.3 Å². The number of nitrogens with two attached hydrogens (primary N) is 1. The van der Waals surface area contributed by atoms with E-state index in [1.165, 1.54) is 0 Å². The summed E-state index contributed by atoms with van der Waals surface area (Å²) in [6, 6.07) is 3.03. The van der Waals surface area contributed by atoms with E-state index in [9.17, 15) is 8.78 Å². The van der Waals surface area contributed by atoms with Crippen LogP contribution < -0.4 is 5.73 Å². The van der Waals surface area contributed by atoms with Gasteiger partial charge in [0.1, 0.15) is 11.6 Å². The van der Waals surface area contributed by atoms with Crippen LogP contribution in [0.5, 0.6) is 0 Å². The quantitative estimate of drug-likeness (QED) is 0.891. The first-order chi connectivity index (χ1) is 8.49. The second kappa shape index (κ2) is 4.56. The molecule has 2 rings (SSSR count). The fourth-order valence-corrected chi connectivity index (χ4v) is 1.32. The van der Waals surface area contributed by atoms with Gasteiger partial charge >= 0.3 is 0 Å². The van der Waals surface area contributed by atoms with E-state index < -0.39 is 11.6 Å². The van der Waals surface area contributed by atoms with Crippen LogP contribution in [0.25, 0.3) is 17.1 Å². The summed E-state index contributed by atoms with van der Waals surface area (Å²) in [4.78, 5) is 3.94. The van der Waals surface area contributed by atoms with Gasteiger partial charge in [0.2, 0.25) is 5.82 Å². The lowest BCUT2D eigenvalue weighted by atomic mass is 10.2. The molecule has 0 fully saturated rings. The highest BCUT2D eigenvalue weighted by molar-refractivity contribution is 5.61. The summed E-state index contributed by atoms with van der Waals surface area (Å²) in [5, 5.41) is 3.58. The van der Waals surface area contributed by atoms with Crippen LogP contribution in [-0.4, -0.2) is 10.1 Å². The van der Waals surface area contributed by atoms with Gasteiger partial charge in [-0.25, -0.2) is 8.78 Å². The van der Waals surface area contributed by atoms with Gasteiger partial charge in [-0.05, 0) is 37.6 Å². The molecule has 6 heteroatoms. The Kier molecular flexibility index (Phi) is 3.10. The van der Waals surface area contributed by atoms with Gasteiger partial charge in [-0.2, -0.15) is 4.98 Å². The number of benzene rings is 1. The van der Waals surface area contributed by atoms with E-state index in [2.05, 4.69) is 10.1 Å². The van der Waals surface area contributed by atoms with E-state index in [0.717, 1.165) is 23.8 Å². The Labute approximate surface area is 102 Å². The zero-order valence-electron chi connectivity index (χ0n) is 9.87. The molecule has 0 saturated heterocycles. The van der Waals surface area contributed by atoms with Crippen LogP contribution in [0.4, 0.5) is 8.78 Å². The van der Waals surface area contributed by atoms with E-state index >= 15 is 0 Å². The maximum atomic E-state index is 13.5. The summed E-state index contributed by atoms with van der Waals surface area (Å²) < 4.78 is 31.4. The molecular weight excluding hydrogens is 240 g/mol. The topological polar surface area (TPSA) is 64.9 Å². The number of halogens is 2. The Morgan fingerprint density at radius 2 is 2.00 bits per heavy atom. The van der Waals surface area contributed by atoms with Gasteiger partial charge in [0.25, 0.3) is 5.89 Å². The molecule has 0 saturated carbocycles. The summed E-state index contributed by atoms with van der Waals surface area (Å²) in [6.07, 6.45) is 0. The number of aromatic nitrogens is 2. The molecule has 0 atom stereocenters. The number of allylic oxidation sites excluding steroid dienone is 1. The lowest BCUT2D eigenvalue weighted by molar-refractivity contribution is 0.407. The molecule has 1 aromatic carbocycles. The maximum Gasteiger partial charge on any atom is 0.274 e. The number of hydrogen-bond donors (Lipinski definition) is 1. The average molecular weight is 251 g/mol. The van der Waals surface area contributed by atoms with Gasteiger partial charge in [0, 0.05) is 0 Å². The standard InChI is InChI=1S/C12H11F2N3O/c1-6(2)10(15)12-16-11(17-18-12)8-5-7(13)3-4-9(8)14/h3-5H,15H2,1-2H3. The molecule has 2 aromatic rings. The van der Waals surface area contributed by atoms with Crippen molar-refractivity contribution in [2.24, 2.45) is 5.73 Å². The van der Waals surface area contributed by atoms with Crippen LogP contribution in [-0.2, 0) is 0 Å². The van der Waals surface area contributed by atoms with E-state index in [1.54, 1.807) is 13.8 Å². The second-order valence-electron chi connectivity index (χ2n) is 3.96. The Hall–Kier alpha value is -2.24. The molecule has 1 heterocycles. The Morgan fingerprint density at radius 3 is 2.67 bits per heavy atom. The van der Waals surface area contributed by atoms with Crippen LogP contribution >= 0.6 is 0 Å². The van der Waals surface area contributed by atoms with Gasteiger partial charge in [0.05, 0.1) is 11.3 Å². The minimum absolute atomic E-state index is 0.0359. The molecule has 0 aliphatic heterocycles. The van der Waals surface area contributed by atoms with Gasteiger partial charge in [-0.15, -0.1) is 0 Å². The molecule has 0 bridgehead atoms. The van der Waals surface area contributed by atoms with Crippen LogP contribution in [0.2, 0.25) is 0 Å². The van der Waals surface area contributed by atoms with Crippen molar-refractivity contribution in [2.45, 2.75) is 13.8 Å². The minimum Gasteiger partial charge on any atom is -0.394 e. The highest BCUT2D eigenvalue weighted by atomic mass is 19.1. The van der Waals surface area contributed by atoms with E-state index in [-0.39, 0.29) is 17.3 Å². The summed E-state index contributed by atoms with van der Waals surface area (Å²) in [6.45, 7) is 3.56. The third-order valence-corrected chi connectivity index (χ3v) is 2.36. The lowest BCUT2D eigenvalue weighted by Gasteiger charge is -1.97. The molecule has 2 N–H and O–H groups in total. The van der Waals surface area contributed by atoms with Crippen molar-refractivity contribution in [2.75, 3.05) is 0 Å². The average Bonchev–Trinajstić information content (AvgIpc) is 2.80. The first-order valence-corrected chi connectivity index (χ1v) is 5.21. The zero-order chi connectivity index (χ0) is 13.3. The monoisotopic (exact) mass is 251 g/mol. The molecule has 0 aliphatic rings. The highest BCUT2D eigenvalue weighted by Gasteiger charge is 2.15. The molecule has 94 valence electrons. The zero-order valence-corrected chi connectivity index (χ0v) is 9.87. The third-order valence-electron chi connectivity index (χ3n) is 2.36. The van der Waals surface area contributed by atoms with Crippen LogP contribution in [0.3, 0.4) is 0 Å². The minimum atomic E-state index is -0.625. The first-order valence-electron chi connectivity index (χ1n) is 5.21. The molecule has 0 amide bonds. The van der Waals surface area contributed by atoms with Crippen molar-refractivity contribution < 1.29 is 13.3 Å². The van der Waals surface area contributed by atoms with E-state index in [4.69, 9.17) is 10.3 Å². The first kappa shape index (κ1) is 12.2. The molecule has 0 radical (unpaired) electrons. The van der Waals surface area contributed by atoms with Crippen LogP contribution in [0.15, 0.2) is 28.3 Å². The van der Waals surface area contributed by atoms with Gasteiger partial charge in [-0.3, -0.25) is 0 Å². The Bertz CT molecular complexity index is 616. The van der Waals surface area contributed by atoms with E-state index in [0.29, 0.717) is 5.70 Å². The predicted octanol–water partition coefficient (Wildman–Crippen LogP) is 2.72. The van der Waals surface area contributed by atoms with Crippen LogP contribution in [0, 0.1) is 11.6 Å². The summed E-state index contributed by atoms with van der Waals surface area (Å²) in [7, 11) is 0. The number of nitrogens with zero attached hydrogens (tertiary/aromatic N) is 2. The van der Waals surface area contributed by atoms with Crippen molar-refractivity contribution in [3.8, 4) is 11.4 Å². The van der Waals surface area contributed by atoms with Crippen molar-refractivity contribution in [1.29, 1.82) is 0 Å². The van der Waals surface area contributed by atoms with Crippen molar-refractivity contribution >= 4 is 5.70 Å². The van der Waals surface area contributed by atoms with E-state index in [1.807, 2.05) is 0 Å². The molecule has 18 heavy (non-hydrogen) atoms. The molecule has 0 aliphatic carbocycles. The fraction of sp³-hybridized carbons (Fsp3) is 0.167. The predicted molar refractivity (Wildman–Crippen MR) is 62.1 cm³/mol. The molecular formula is C12H11F2N3O. The molecule has 4 nitrogen and oxygen atoms in total. The molecule has 1 aromatic heterocycles. The molecule has 0 unspecified atom stereocenters. The van der Waals surface area contributed by atoms with Crippen LogP contribution in [0.1, 0.15) is 19.7 Å². The van der Waals surface area contributed by atoms with Gasteiger partial charge in [0.15, 0.2) is 0 Å². The SMILES string of the molecule is CC(C)=C(N)c1nc(-c2cc(F)ccc2F)no1. The summed E-state index contributed by atoms with van der Waals surface area (Å²) in [5.41, 5.74) is 6.77. The summed E-state index contributed by atoms with van der Waals surface area (Å²) >= 11 is 0. The Morgan fingerprint density at radius 1 is 1.28 bits per heavy atom. The van der Waals surface area contributed by atoms with Crippen molar-refractivity contribution in [1.82, 2.24) is 10.1 Å². The smallest absolute Gasteiger partial charge is 0.274 e. The fourth-order valence-electron chi connectivity index (χ4n) is 1.32. The second-order valence-corrected chi connectivity index (χ2v) is 3.96. The largest absolute Gasteiger partial charge is 0.394 e. The molecule has 0 spiro atoms. The number of hydrogen-bond acceptors (Lipinski definition) is 4. The Balaban J connectivity index is 2.47. The highest BCUT2D eigenvalue weighted by Crippen LogP contribution is 2.22. The third kappa shape index (κ3) is 2.22. The van der Waals surface area contributed by atoms with Crippen molar-refractivity contribution in [3.63, 3.8) is 0 Å². The normalized spacial score (nSPS) is 10.4. The van der Waals surface area contributed by atoms with Gasteiger partial charge in [-0.1, -0.05) is 5.16 Å². The summed E-state index contributed by atoms with van der Waals surface area (Å²) in [5.74, 6) is -1.15. The van der Waals surface area contributed by atoms with Crippen molar-refractivity contribution in [3.05, 3.63) is 41.3 Å². The number of rotatable bonds is 2. The maximum absolute atomic E-state index is 13.5. The lowest BCUT2D eigenvalue weighted by Crippen LogP contribution is -1.98.